The summed E-state index contributed by atoms with van der Waals surface area (Å²) in [6.45, 7) is 2.05. The van der Waals surface area contributed by atoms with E-state index in [1.54, 1.807) is 13.1 Å². The number of aryl methyl sites for hydroxylation is 1. The summed E-state index contributed by atoms with van der Waals surface area (Å²) >= 11 is 1.44. The number of thiophene rings is 1. The minimum Gasteiger partial charge on any atom is -0.480 e. The van der Waals surface area contributed by atoms with Gasteiger partial charge in [-0.05, 0) is 80.6 Å². The summed E-state index contributed by atoms with van der Waals surface area (Å²) in [4.78, 5) is 38.4. The maximum atomic E-state index is 12.3. The lowest BCUT2D eigenvalue weighted by atomic mass is 9.98. The van der Waals surface area contributed by atoms with Gasteiger partial charge >= 0.3 is 11.9 Å². The van der Waals surface area contributed by atoms with E-state index >= 15 is 0 Å². The molecule has 1 aliphatic rings. The molecular weight excluding hydrogens is 492 g/mol. The maximum absolute atomic E-state index is 12.3. The molecule has 1 aliphatic heterocycles. The van der Waals surface area contributed by atoms with Crippen LogP contribution in [0.3, 0.4) is 0 Å². The number of nitrogens with zero attached hydrogens (tertiary/aromatic N) is 2. The number of hydrogen-bond donors (Lipinski definition) is 4. The lowest BCUT2D eigenvalue weighted by Crippen LogP contribution is -2.35. The molecule has 196 valence electrons. The van der Waals surface area contributed by atoms with Crippen LogP contribution in [0.15, 0.2) is 35.9 Å². The zero-order valence-corrected chi connectivity index (χ0v) is 21.6. The van der Waals surface area contributed by atoms with Gasteiger partial charge in [0, 0.05) is 41.5 Å². The summed E-state index contributed by atoms with van der Waals surface area (Å²) in [7, 11) is 1.63. The van der Waals surface area contributed by atoms with Crippen LogP contribution in [0, 0.1) is 11.3 Å². The molecule has 37 heavy (non-hydrogen) atoms. The van der Waals surface area contributed by atoms with E-state index in [9.17, 15) is 14.4 Å². The Labute approximate surface area is 220 Å². The van der Waals surface area contributed by atoms with Crippen LogP contribution < -0.4 is 15.5 Å². The number of unbranched alkanes of at least 4 members (excludes halogenated alkanes) is 1. The van der Waals surface area contributed by atoms with E-state index in [2.05, 4.69) is 27.7 Å². The third-order valence-electron chi connectivity index (χ3n) is 6.34. The Kier molecular flexibility index (Phi) is 10.2. The maximum Gasteiger partial charge on any atom is 0.346 e. The first-order valence-electron chi connectivity index (χ1n) is 12.3. The third-order valence-corrected chi connectivity index (χ3v) is 7.42. The second-order valence-corrected chi connectivity index (χ2v) is 10.0. The van der Waals surface area contributed by atoms with Gasteiger partial charge in [0.2, 0.25) is 5.91 Å². The van der Waals surface area contributed by atoms with Crippen LogP contribution in [0.2, 0.25) is 0 Å². The van der Waals surface area contributed by atoms with Crippen LogP contribution in [0.4, 0.5) is 5.69 Å². The Bertz CT molecular complexity index is 1200. The first-order valence-corrected chi connectivity index (χ1v) is 13.1. The molecule has 0 radical (unpaired) electrons. The van der Waals surface area contributed by atoms with E-state index in [0.717, 1.165) is 48.4 Å². The topological polar surface area (TPSA) is 143 Å². The highest BCUT2D eigenvalue weighted by Gasteiger charge is 2.19. The van der Waals surface area contributed by atoms with Gasteiger partial charge in [-0.2, -0.15) is 5.26 Å². The molecule has 0 aliphatic carbocycles. The minimum absolute atomic E-state index is 0.00980. The summed E-state index contributed by atoms with van der Waals surface area (Å²) in [6.07, 6.45) is 5.71. The van der Waals surface area contributed by atoms with Crippen molar-refractivity contribution >= 4 is 40.9 Å². The van der Waals surface area contributed by atoms with Crippen LogP contribution in [-0.2, 0) is 20.8 Å². The minimum atomic E-state index is -1.24. The second-order valence-electron chi connectivity index (χ2n) is 8.89. The number of carbonyl (C=O) groups is 3. The van der Waals surface area contributed by atoms with Crippen molar-refractivity contribution in [2.45, 2.75) is 44.6 Å². The van der Waals surface area contributed by atoms with Crippen LogP contribution in [0.1, 0.15) is 42.5 Å². The van der Waals surface area contributed by atoms with Crippen molar-refractivity contribution in [1.82, 2.24) is 10.6 Å². The molecule has 9 nitrogen and oxygen atoms in total. The summed E-state index contributed by atoms with van der Waals surface area (Å²) in [5, 5.41) is 32.8. The lowest BCUT2D eigenvalue weighted by Gasteiger charge is -2.31. The van der Waals surface area contributed by atoms with Gasteiger partial charge in [0.05, 0.1) is 0 Å². The van der Waals surface area contributed by atoms with Gasteiger partial charge in [0.15, 0.2) is 0 Å². The lowest BCUT2D eigenvalue weighted by molar-refractivity contribution is -0.139. The number of aliphatic carboxylic acids is 2. The highest BCUT2D eigenvalue weighted by atomic mass is 32.1. The average Bonchev–Trinajstić information content (AvgIpc) is 3.36. The van der Waals surface area contributed by atoms with Crippen molar-refractivity contribution in [2.75, 3.05) is 31.6 Å². The summed E-state index contributed by atoms with van der Waals surface area (Å²) in [5.41, 5.74) is 3.10. The normalized spacial score (nSPS) is 13.9. The summed E-state index contributed by atoms with van der Waals surface area (Å²) < 4.78 is 0. The highest BCUT2D eigenvalue weighted by molar-refractivity contribution is 7.16. The predicted molar refractivity (Wildman–Crippen MR) is 143 cm³/mol. The average molecular weight is 525 g/mol. The van der Waals surface area contributed by atoms with Gasteiger partial charge in [-0.3, -0.25) is 9.59 Å². The van der Waals surface area contributed by atoms with Gasteiger partial charge in [-0.15, -0.1) is 11.3 Å². The van der Waals surface area contributed by atoms with Crippen LogP contribution >= 0.6 is 11.3 Å². The number of fused-ring (bicyclic) bond motifs is 1. The van der Waals surface area contributed by atoms with Gasteiger partial charge in [0.1, 0.15) is 17.7 Å². The molecule has 0 bridgehead atoms. The predicted octanol–water partition coefficient (Wildman–Crippen LogP) is 3.51. The van der Waals surface area contributed by atoms with E-state index in [4.69, 9.17) is 15.5 Å². The molecule has 1 aromatic carbocycles. The molecule has 3 rings (SSSR count). The molecule has 0 saturated carbocycles. The Morgan fingerprint density at radius 2 is 2.03 bits per heavy atom. The molecule has 1 amide bonds. The molecule has 1 unspecified atom stereocenters. The van der Waals surface area contributed by atoms with Crippen molar-refractivity contribution in [3.63, 3.8) is 0 Å². The molecule has 2 aromatic rings. The number of likely N-dealkylation sites (N-methyl/N-ethyl adjacent to an activating group) is 1. The Morgan fingerprint density at radius 3 is 2.73 bits per heavy atom. The fraction of sp³-hybridized carbons (Fsp3) is 0.407. The van der Waals surface area contributed by atoms with Crippen LogP contribution in [-0.4, -0.2) is 60.8 Å². The SMILES string of the molecule is CNC(CCCCNC(=O)CCN1CCCc2cc(-c3ccc(/C=C(\C#N)C(=O)O)s3)ccc21)C(=O)O. The second kappa shape index (κ2) is 13.6. The fourth-order valence-electron chi connectivity index (χ4n) is 4.35. The zero-order valence-electron chi connectivity index (χ0n) is 20.8. The highest BCUT2D eigenvalue weighted by Crippen LogP contribution is 2.35. The van der Waals surface area contributed by atoms with Crippen LogP contribution in [0.25, 0.3) is 16.5 Å². The Morgan fingerprint density at radius 1 is 1.22 bits per heavy atom. The van der Waals surface area contributed by atoms with Gasteiger partial charge in [0.25, 0.3) is 0 Å². The van der Waals surface area contributed by atoms with E-state index in [-0.39, 0.29) is 11.5 Å². The number of nitriles is 1. The zero-order chi connectivity index (χ0) is 26.8. The number of rotatable bonds is 13. The molecule has 0 saturated heterocycles. The van der Waals surface area contributed by atoms with Crippen molar-refractivity contribution < 1.29 is 24.6 Å². The van der Waals surface area contributed by atoms with Gasteiger partial charge in [-0.1, -0.05) is 6.07 Å². The number of carbonyl (C=O) groups excluding carboxylic acids is 1. The molecule has 2 heterocycles. The Balaban J connectivity index is 1.53. The monoisotopic (exact) mass is 524 g/mol. The van der Waals surface area contributed by atoms with Crippen molar-refractivity contribution in [3.8, 4) is 16.5 Å². The van der Waals surface area contributed by atoms with E-state index in [0.29, 0.717) is 30.8 Å². The van der Waals surface area contributed by atoms with Crippen molar-refractivity contribution in [1.29, 1.82) is 5.26 Å². The number of benzene rings is 1. The number of carboxylic acids is 2. The number of anilines is 1. The van der Waals surface area contributed by atoms with Crippen molar-refractivity contribution in [2.24, 2.45) is 0 Å². The quantitative estimate of drug-likeness (QED) is 0.177. The molecular formula is C27H32N4O5S. The number of hydrogen-bond acceptors (Lipinski definition) is 7. The summed E-state index contributed by atoms with van der Waals surface area (Å²) in [5.74, 6) is -2.11. The van der Waals surface area contributed by atoms with Gasteiger partial charge in [-0.25, -0.2) is 4.79 Å². The van der Waals surface area contributed by atoms with Crippen LogP contribution in [0.5, 0.6) is 0 Å². The largest absolute Gasteiger partial charge is 0.480 e. The summed E-state index contributed by atoms with van der Waals surface area (Å²) in [6, 6.07) is 11.2. The fourth-order valence-corrected chi connectivity index (χ4v) is 5.30. The molecule has 0 fully saturated rings. The molecule has 4 N–H and O–H groups in total. The smallest absolute Gasteiger partial charge is 0.346 e. The molecule has 0 spiro atoms. The van der Waals surface area contributed by atoms with E-state index < -0.39 is 18.0 Å². The first-order chi connectivity index (χ1) is 17.8. The number of nitrogens with one attached hydrogen (secondary N) is 2. The Hall–Kier alpha value is -3.68. The molecule has 1 aromatic heterocycles. The first kappa shape index (κ1) is 27.9. The molecule has 1 atom stereocenters. The van der Waals surface area contributed by atoms with E-state index in [1.165, 1.54) is 23.0 Å². The van der Waals surface area contributed by atoms with E-state index in [1.807, 2.05) is 18.2 Å². The van der Waals surface area contributed by atoms with Gasteiger partial charge < -0.3 is 25.7 Å². The van der Waals surface area contributed by atoms with Crippen molar-refractivity contribution in [3.05, 3.63) is 46.3 Å². The standard InChI is InChI=1S/C27H32N4O5S/c1-29-22(27(35)36)6-2-3-12-30-25(32)11-14-31-13-4-5-18-15-19(7-9-23(18)31)24-10-8-21(37-24)16-20(17-28)26(33)34/h7-10,15-16,22,29H,2-6,11-14H2,1H3,(H,30,32)(H,33,34)(H,35,36)/b20-16+. The number of carboxylic acid groups (broad SMARTS) is 2. The molecule has 10 heteroatoms. The number of amides is 1. The third kappa shape index (κ3) is 7.90.